The number of hydrogen-bond acceptors (Lipinski definition) is 3. The minimum atomic E-state index is -3.64. The molecule has 0 aromatic heterocycles. The Hall–Kier alpha value is -2.05. The van der Waals surface area contributed by atoms with Crippen LogP contribution in [0.4, 0.5) is 11.4 Å². The van der Waals surface area contributed by atoms with Gasteiger partial charge in [0.1, 0.15) is 6.54 Å². The highest BCUT2D eigenvalue weighted by Crippen LogP contribution is 2.26. The number of benzene rings is 2. The topological polar surface area (TPSA) is 66.5 Å². The number of nitrogens with one attached hydrogen (secondary N) is 1. The van der Waals surface area contributed by atoms with Crippen LogP contribution in [-0.2, 0) is 14.8 Å². The number of aryl methyl sites for hydroxylation is 2. The summed E-state index contributed by atoms with van der Waals surface area (Å²) in [6.07, 6.45) is 1.06. The summed E-state index contributed by atoms with van der Waals surface area (Å²) in [5, 5.41) is 3.14. The molecule has 2 aromatic rings. The van der Waals surface area contributed by atoms with E-state index in [2.05, 4.69) is 5.32 Å². The third-order valence-electron chi connectivity index (χ3n) is 3.55. The average Bonchev–Trinajstić information content (AvgIpc) is 2.49. The SMILES string of the molecule is Cc1ccccc1NC(=O)CN(c1cc(Cl)ccc1C)S(C)(=O)=O. The van der Waals surface area contributed by atoms with Crippen LogP contribution in [0.5, 0.6) is 0 Å². The molecular formula is C17H19ClN2O3S. The van der Waals surface area contributed by atoms with E-state index in [9.17, 15) is 13.2 Å². The van der Waals surface area contributed by atoms with E-state index in [4.69, 9.17) is 11.6 Å². The molecule has 2 aromatic carbocycles. The molecule has 7 heteroatoms. The Morgan fingerprint density at radius 3 is 2.42 bits per heavy atom. The highest BCUT2D eigenvalue weighted by Gasteiger charge is 2.23. The van der Waals surface area contributed by atoms with Gasteiger partial charge in [0, 0.05) is 10.7 Å². The number of para-hydroxylation sites is 1. The van der Waals surface area contributed by atoms with Crippen molar-refractivity contribution < 1.29 is 13.2 Å². The van der Waals surface area contributed by atoms with E-state index in [1.165, 1.54) is 0 Å². The maximum absolute atomic E-state index is 12.3. The Kier molecular flexibility index (Phi) is 5.51. The summed E-state index contributed by atoms with van der Waals surface area (Å²) in [7, 11) is -3.64. The first-order chi connectivity index (χ1) is 11.2. The Morgan fingerprint density at radius 2 is 1.79 bits per heavy atom. The summed E-state index contributed by atoms with van der Waals surface area (Å²) in [4.78, 5) is 12.3. The van der Waals surface area contributed by atoms with Gasteiger partial charge in [-0.25, -0.2) is 8.42 Å². The normalized spacial score (nSPS) is 11.2. The van der Waals surface area contributed by atoms with Gasteiger partial charge in [-0.15, -0.1) is 0 Å². The molecule has 128 valence electrons. The Labute approximate surface area is 147 Å². The van der Waals surface area contributed by atoms with Crippen molar-refractivity contribution in [3.63, 3.8) is 0 Å². The fourth-order valence-electron chi connectivity index (χ4n) is 2.27. The number of carbonyl (C=O) groups excluding carboxylic acids is 1. The summed E-state index contributed by atoms with van der Waals surface area (Å²) in [6.45, 7) is 3.31. The van der Waals surface area contributed by atoms with Gasteiger partial charge in [0.25, 0.3) is 0 Å². The molecule has 1 amide bonds. The lowest BCUT2D eigenvalue weighted by Gasteiger charge is -2.24. The van der Waals surface area contributed by atoms with Crippen LogP contribution in [0.3, 0.4) is 0 Å². The largest absolute Gasteiger partial charge is 0.324 e. The lowest BCUT2D eigenvalue weighted by Crippen LogP contribution is -2.38. The van der Waals surface area contributed by atoms with Gasteiger partial charge in [-0.2, -0.15) is 0 Å². The quantitative estimate of drug-likeness (QED) is 0.882. The number of sulfonamides is 1. The van der Waals surface area contributed by atoms with Crippen molar-refractivity contribution in [2.24, 2.45) is 0 Å². The van der Waals surface area contributed by atoms with Gasteiger partial charge >= 0.3 is 0 Å². The van der Waals surface area contributed by atoms with Crippen molar-refractivity contribution in [2.45, 2.75) is 13.8 Å². The van der Waals surface area contributed by atoms with Crippen LogP contribution in [0.2, 0.25) is 5.02 Å². The first-order valence-corrected chi connectivity index (χ1v) is 9.50. The molecule has 0 unspecified atom stereocenters. The Bertz CT molecular complexity index is 866. The highest BCUT2D eigenvalue weighted by atomic mass is 35.5. The summed E-state index contributed by atoms with van der Waals surface area (Å²) in [5.41, 5.74) is 2.66. The zero-order valence-corrected chi connectivity index (χ0v) is 15.3. The van der Waals surface area contributed by atoms with Crippen LogP contribution >= 0.6 is 11.6 Å². The first kappa shape index (κ1) is 18.3. The van der Waals surface area contributed by atoms with Gasteiger partial charge in [-0.1, -0.05) is 35.9 Å². The number of rotatable bonds is 5. The Morgan fingerprint density at radius 1 is 1.12 bits per heavy atom. The van der Waals surface area contributed by atoms with Crippen LogP contribution < -0.4 is 9.62 Å². The molecule has 0 aliphatic rings. The molecule has 0 heterocycles. The third-order valence-corrected chi connectivity index (χ3v) is 4.91. The molecule has 0 saturated heterocycles. The van der Waals surface area contributed by atoms with Crippen molar-refractivity contribution in [2.75, 3.05) is 22.4 Å². The minimum absolute atomic E-state index is 0.325. The number of carbonyl (C=O) groups is 1. The van der Waals surface area contributed by atoms with Gasteiger partial charge in [-0.05, 0) is 43.2 Å². The van der Waals surface area contributed by atoms with Crippen molar-refractivity contribution in [1.29, 1.82) is 0 Å². The third kappa shape index (κ3) is 4.49. The number of anilines is 2. The van der Waals surface area contributed by atoms with Gasteiger partial charge in [0.15, 0.2) is 0 Å². The van der Waals surface area contributed by atoms with Crippen molar-refractivity contribution in [3.8, 4) is 0 Å². The van der Waals surface area contributed by atoms with E-state index < -0.39 is 15.9 Å². The second-order valence-corrected chi connectivity index (χ2v) is 7.91. The second-order valence-electron chi connectivity index (χ2n) is 5.56. The van der Waals surface area contributed by atoms with Crippen LogP contribution in [0.15, 0.2) is 42.5 Å². The molecule has 0 radical (unpaired) electrons. The molecule has 0 bridgehead atoms. The molecule has 0 fully saturated rings. The molecule has 0 saturated carbocycles. The fraction of sp³-hybridized carbons (Fsp3) is 0.235. The maximum atomic E-state index is 12.3. The van der Waals surface area contributed by atoms with Crippen molar-refractivity contribution >= 4 is 38.9 Å². The first-order valence-electron chi connectivity index (χ1n) is 7.28. The number of amides is 1. The summed E-state index contributed by atoms with van der Waals surface area (Å²) in [5.74, 6) is -0.422. The molecule has 0 atom stereocenters. The van der Waals surface area contributed by atoms with E-state index in [0.717, 1.165) is 16.1 Å². The maximum Gasteiger partial charge on any atom is 0.245 e. The van der Waals surface area contributed by atoms with E-state index in [1.54, 1.807) is 37.3 Å². The monoisotopic (exact) mass is 366 g/mol. The predicted molar refractivity (Wildman–Crippen MR) is 98.2 cm³/mol. The van der Waals surface area contributed by atoms with Crippen LogP contribution in [0.1, 0.15) is 11.1 Å². The lowest BCUT2D eigenvalue weighted by atomic mass is 10.2. The molecule has 24 heavy (non-hydrogen) atoms. The molecule has 5 nitrogen and oxygen atoms in total. The standard InChI is InChI=1S/C17H19ClN2O3S/c1-12-6-4-5-7-15(12)19-17(21)11-20(24(3,22)23)16-10-14(18)9-8-13(16)2/h4-10H,11H2,1-3H3,(H,19,21). The van der Waals surface area contributed by atoms with Crippen molar-refractivity contribution in [3.05, 3.63) is 58.6 Å². The molecule has 0 spiro atoms. The number of hydrogen-bond donors (Lipinski definition) is 1. The molecule has 1 N–H and O–H groups in total. The van der Waals surface area contributed by atoms with E-state index in [-0.39, 0.29) is 6.54 Å². The van der Waals surface area contributed by atoms with E-state index in [1.807, 2.05) is 19.1 Å². The minimum Gasteiger partial charge on any atom is -0.324 e. The van der Waals surface area contributed by atoms with Crippen LogP contribution in [0, 0.1) is 13.8 Å². The molecule has 0 aliphatic carbocycles. The van der Waals surface area contributed by atoms with Gasteiger partial charge in [0.2, 0.25) is 15.9 Å². The smallest absolute Gasteiger partial charge is 0.245 e. The molecule has 0 aliphatic heterocycles. The fourth-order valence-corrected chi connectivity index (χ4v) is 3.34. The summed E-state index contributed by atoms with van der Waals surface area (Å²) in [6, 6.07) is 12.2. The van der Waals surface area contributed by atoms with E-state index >= 15 is 0 Å². The summed E-state index contributed by atoms with van der Waals surface area (Å²) < 4.78 is 25.4. The predicted octanol–water partition coefficient (Wildman–Crippen LogP) is 3.36. The van der Waals surface area contributed by atoms with Gasteiger partial charge < -0.3 is 5.32 Å². The molecule has 2 rings (SSSR count). The number of nitrogens with zero attached hydrogens (tertiary/aromatic N) is 1. The summed E-state index contributed by atoms with van der Waals surface area (Å²) >= 11 is 5.98. The average molecular weight is 367 g/mol. The zero-order chi connectivity index (χ0) is 17.9. The number of halogens is 1. The second kappa shape index (κ2) is 7.23. The van der Waals surface area contributed by atoms with E-state index in [0.29, 0.717) is 22.0 Å². The van der Waals surface area contributed by atoms with Gasteiger partial charge in [0.05, 0.1) is 11.9 Å². The van der Waals surface area contributed by atoms with Crippen molar-refractivity contribution in [1.82, 2.24) is 0 Å². The van der Waals surface area contributed by atoms with Crippen LogP contribution in [-0.4, -0.2) is 27.1 Å². The molecular weight excluding hydrogens is 348 g/mol. The van der Waals surface area contributed by atoms with Gasteiger partial charge in [-0.3, -0.25) is 9.10 Å². The highest BCUT2D eigenvalue weighted by molar-refractivity contribution is 7.92. The van der Waals surface area contributed by atoms with Crippen LogP contribution in [0.25, 0.3) is 0 Å². The lowest BCUT2D eigenvalue weighted by molar-refractivity contribution is -0.114. The zero-order valence-electron chi connectivity index (χ0n) is 13.7. The Balaban J connectivity index is 2.29.